The first-order valence-corrected chi connectivity index (χ1v) is 35.8. The van der Waals surface area contributed by atoms with Crippen molar-refractivity contribution >= 4 is 161 Å². The Balaban J connectivity index is -0.0000000698. The number of aliphatic carboxylic acids is 2. The van der Waals surface area contributed by atoms with Gasteiger partial charge in [0.25, 0.3) is 0 Å². The van der Waals surface area contributed by atoms with Gasteiger partial charge in [0.15, 0.2) is 0 Å². The maximum Gasteiger partial charge on any atom is 1.00 e. The Bertz CT molecular complexity index is 1090. The number of thiocarbonyl (C=S) groups is 4. The van der Waals surface area contributed by atoms with Crippen LogP contribution in [0.3, 0.4) is 0 Å². The van der Waals surface area contributed by atoms with E-state index in [9.17, 15) is 9.59 Å². The van der Waals surface area contributed by atoms with E-state index in [-0.39, 0.29) is 105 Å². The smallest absolute Gasteiger partial charge is 1.00 e. The van der Waals surface area contributed by atoms with E-state index in [1.54, 1.807) is 37.4 Å². The van der Waals surface area contributed by atoms with Gasteiger partial charge < -0.3 is 36.5 Å². The summed E-state index contributed by atoms with van der Waals surface area (Å²) in [5.41, 5.74) is 0. The molecule has 0 aromatic carbocycles. The average Bonchev–Trinajstić information content (AvgIpc) is 3.35. The molecule has 0 spiro atoms. The second kappa shape index (κ2) is 103. The van der Waals surface area contributed by atoms with E-state index in [2.05, 4.69) is 93.3 Å². The zero-order valence-electron chi connectivity index (χ0n) is 51.0. The summed E-state index contributed by atoms with van der Waals surface area (Å²) < 4.78 is 3.36. The number of alkyl halides is 1. The standard InChI is InChI=1S/C16H30O2S3.C13H26S3.2C12H26S.C3H5BrO2.CS2.2CH4.3Na.H/c1-3-4-5-6-7-8-9-10-11-12-13-20-16(19)21-14(2)15(17)18;1-2-3-4-5-6-7-8-9-10-11-12-16-13(14)15;2*1-2-3-4-5-6-7-8-9-10-11-12-13;1-2(4)3(5)6;2-1-3;;;;;;/h14H,3-13H2,1-2H3,(H,17,18);2-12H2,1H3,(H,14,15);2*13H,2-12H2,1H3;2H,1H3,(H,5,6);;2*1H4;;;;/q;;;;;;;;3*+1;-1/p-1. The number of rotatable bonds is 45. The number of halogens is 1. The summed E-state index contributed by atoms with van der Waals surface area (Å²) in [6.45, 7) is 12.3. The van der Waals surface area contributed by atoms with Crippen LogP contribution < -0.4 is 88.7 Å². The molecule has 0 rings (SSSR count). The van der Waals surface area contributed by atoms with Gasteiger partial charge >= 0.3 is 101 Å². The van der Waals surface area contributed by atoms with Crippen molar-refractivity contribution in [2.45, 2.75) is 323 Å². The Morgan fingerprint density at radius 1 is 0.468 bits per heavy atom. The molecule has 450 valence electrons. The molecule has 0 aromatic rings. The molecule has 0 aliphatic heterocycles. The normalized spacial score (nSPS) is 10.3. The first-order valence-electron chi connectivity index (χ1n) is 28.7. The fourth-order valence-corrected chi connectivity index (χ4v) is 10.9. The third kappa shape index (κ3) is 127. The van der Waals surface area contributed by atoms with Gasteiger partial charge in [0.2, 0.25) is 0 Å². The number of thiol groups is 2. The van der Waals surface area contributed by atoms with Crippen molar-refractivity contribution in [3.63, 3.8) is 0 Å². The summed E-state index contributed by atoms with van der Waals surface area (Å²) in [6.07, 6.45) is 55.7. The average molecular weight is 1360 g/mol. The Morgan fingerprint density at radius 2 is 0.662 bits per heavy atom. The van der Waals surface area contributed by atoms with Crippen molar-refractivity contribution in [1.82, 2.24) is 0 Å². The topological polar surface area (TPSA) is 74.6 Å². The predicted octanol–water partition coefficient (Wildman–Crippen LogP) is 15.5. The summed E-state index contributed by atoms with van der Waals surface area (Å²) >= 11 is 38.6. The van der Waals surface area contributed by atoms with Crippen LogP contribution in [-0.4, -0.2) is 66.6 Å². The third-order valence-corrected chi connectivity index (χ3v) is 16.6. The van der Waals surface area contributed by atoms with Gasteiger partial charge in [0.05, 0.1) is 0 Å². The van der Waals surface area contributed by atoms with Crippen molar-refractivity contribution in [2.24, 2.45) is 0 Å². The molecule has 4 nitrogen and oxygen atoms in total. The maximum absolute atomic E-state index is 10.7. The van der Waals surface area contributed by atoms with E-state index in [1.807, 2.05) is 4.31 Å². The molecule has 2 N–H and O–H groups in total. The molecule has 0 aliphatic carbocycles. The van der Waals surface area contributed by atoms with Gasteiger partial charge in [-0.1, -0.05) is 317 Å². The van der Waals surface area contributed by atoms with Gasteiger partial charge in [-0.3, -0.25) is 9.59 Å². The zero-order valence-corrected chi connectivity index (χ0v) is 65.9. The number of thioether (sulfide) groups is 3. The SMILES string of the molecule is C.C.CC(Br)C(=O)O.CCCCCCCCCCCCS.CCCCCCCCCCCCS.CCCCCCCCCCCCSC(=S)SC(C)C(=O)O.CCCCCCCCCCCCSC(=S)[S-].S=C=S.[H-].[Na+].[Na+].[Na+]. The first kappa shape index (κ1) is 107. The van der Waals surface area contributed by atoms with E-state index in [1.165, 1.54) is 269 Å². The monoisotopic (exact) mass is 1360 g/mol. The Hall–Kier alpha value is 4.79. The second-order valence-corrected chi connectivity index (χ2v) is 27.8. The van der Waals surface area contributed by atoms with Crippen LogP contribution in [0.2, 0.25) is 0 Å². The van der Waals surface area contributed by atoms with E-state index in [0.29, 0.717) is 3.53 Å². The van der Waals surface area contributed by atoms with Gasteiger partial charge in [-0.05, 0) is 87.0 Å². The van der Waals surface area contributed by atoms with Crippen LogP contribution in [0, 0.1) is 0 Å². The van der Waals surface area contributed by atoms with Crippen molar-refractivity contribution in [1.29, 1.82) is 0 Å². The molecule has 0 radical (unpaired) electrons. The minimum Gasteiger partial charge on any atom is -1.00 e. The van der Waals surface area contributed by atoms with Crippen LogP contribution >= 0.6 is 125 Å². The Labute approximate surface area is 609 Å². The molecule has 0 aromatic heterocycles. The number of carboxylic acids is 2. The molecule has 0 bridgehead atoms. The predicted molar refractivity (Wildman–Crippen MR) is 378 cm³/mol. The molecule has 0 aliphatic rings. The van der Waals surface area contributed by atoms with Crippen molar-refractivity contribution in [3.8, 4) is 0 Å². The summed E-state index contributed by atoms with van der Waals surface area (Å²) in [4.78, 5) is 19.9. The van der Waals surface area contributed by atoms with Crippen LogP contribution in [0.1, 0.15) is 315 Å². The van der Waals surface area contributed by atoms with Gasteiger partial charge in [-0.25, -0.2) is 0 Å². The number of carboxylic acid groups (broad SMARTS) is 2. The minimum atomic E-state index is -0.824. The molecule has 0 heterocycles. The van der Waals surface area contributed by atoms with Gasteiger partial charge in [0, 0.05) is 4.31 Å². The number of hydrogen-bond donors (Lipinski definition) is 4. The second-order valence-electron chi connectivity index (χ2n) is 18.5. The van der Waals surface area contributed by atoms with Crippen LogP contribution in [-0.2, 0) is 22.2 Å². The van der Waals surface area contributed by atoms with Gasteiger partial charge in [0.1, 0.15) is 13.6 Å². The third-order valence-electron chi connectivity index (χ3n) is 11.4. The molecule has 0 fully saturated rings. The number of carbonyl (C=O) groups is 2. The largest absolute Gasteiger partial charge is 1.00 e. The van der Waals surface area contributed by atoms with Crippen molar-refractivity contribution < 1.29 is 110 Å². The molecular formula is C59H121BrNa3O4S10+. The van der Waals surface area contributed by atoms with Gasteiger partial charge in [-0.2, -0.15) is 25.3 Å². The molecule has 2 atom stereocenters. The van der Waals surface area contributed by atoms with Crippen molar-refractivity contribution in [2.75, 3.05) is 23.0 Å². The van der Waals surface area contributed by atoms with E-state index < -0.39 is 22.0 Å². The Kier molecular flexibility index (Phi) is 142. The number of hydrogen-bond acceptors (Lipinski definition) is 12. The minimum absolute atomic E-state index is 0. The molecule has 0 amide bonds. The van der Waals surface area contributed by atoms with Crippen LogP contribution in [0.5, 0.6) is 0 Å². The fourth-order valence-electron chi connectivity index (χ4n) is 6.92. The molecule has 77 heavy (non-hydrogen) atoms. The maximum atomic E-state index is 10.7. The first-order chi connectivity index (χ1) is 34.7. The molecule has 0 saturated heterocycles. The summed E-state index contributed by atoms with van der Waals surface area (Å²) in [5, 5.41) is 16.3. The molecule has 18 heteroatoms. The van der Waals surface area contributed by atoms with Crippen LogP contribution in [0.15, 0.2) is 0 Å². The fraction of sp³-hybridized carbons (Fsp3) is 0.915. The van der Waals surface area contributed by atoms with Gasteiger partial charge in [-0.15, -0.1) is 23.5 Å². The van der Waals surface area contributed by atoms with E-state index >= 15 is 0 Å². The van der Waals surface area contributed by atoms with Crippen LogP contribution in [0.25, 0.3) is 0 Å². The Morgan fingerprint density at radius 3 is 0.844 bits per heavy atom. The van der Waals surface area contributed by atoms with E-state index in [4.69, 9.17) is 47.3 Å². The molecular weight excluding hydrogens is 1240 g/mol. The quantitative estimate of drug-likeness (QED) is 0.0117. The molecule has 0 saturated carbocycles. The zero-order chi connectivity index (χ0) is 55.4. The number of unbranched alkanes of at least 4 members (excludes halogenated alkanes) is 36. The van der Waals surface area contributed by atoms with Crippen molar-refractivity contribution in [3.05, 3.63) is 0 Å². The summed E-state index contributed by atoms with van der Waals surface area (Å²) in [6, 6.07) is 0. The van der Waals surface area contributed by atoms with E-state index in [0.717, 1.165) is 26.5 Å². The summed E-state index contributed by atoms with van der Waals surface area (Å²) in [7, 11) is 0. The summed E-state index contributed by atoms with van der Waals surface area (Å²) in [5.74, 6) is 2.66. The van der Waals surface area contributed by atoms with Crippen LogP contribution in [0.4, 0.5) is 0 Å². The molecule has 2 unspecified atom stereocenters.